The van der Waals surface area contributed by atoms with Crippen LogP contribution in [0.3, 0.4) is 0 Å². The van der Waals surface area contributed by atoms with Crippen molar-refractivity contribution in [1.29, 1.82) is 0 Å². The minimum atomic E-state index is -3.12. The second kappa shape index (κ2) is 9.92. The fourth-order valence-corrected chi connectivity index (χ4v) is 4.37. The normalized spacial score (nSPS) is 13.1. The lowest BCUT2D eigenvalue weighted by Crippen LogP contribution is -2.50. The van der Waals surface area contributed by atoms with E-state index in [1.165, 1.54) is 0 Å². The number of hydrogen-bond acceptors (Lipinski definition) is 4. The van der Waals surface area contributed by atoms with E-state index < -0.39 is 9.05 Å². The molecule has 5 heteroatoms. The summed E-state index contributed by atoms with van der Waals surface area (Å²) in [5, 5.41) is 0. The lowest BCUT2D eigenvalue weighted by Gasteiger charge is -2.31. The molecule has 0 bridgehead atoms. The third-order valence-corrected chi connectivity index (χ3v) is 5.64. The summed E-state index contributed by atoms with van der Waals surface area (Å²) >= 11 is 0. The largest absolute Gasteiger partial charge is 0.680 e. The summed E-state index contributed by atoms with van der Waals surface area (Å²) in [7, 11) is -3.12. The van der Waals surface area contributed by atoms with Gasteiger partial charge in [0, 0.05) is 19.8 Å². The van der Waals surface area contributed by atoms with Crippen molar-refractivity contribution >= 4 is 15.1 Å². The summed E-state index contributed by atoms with van der Waals surface area (Å²) in [4.78, 5) is 0. The SMILES string of the molecule is C=Cc1cccc(C(CC)O[Si](OCC)(OCC)OCC)c1. The van der Waals surface area contributed by atoms with Crippen LogP contribution in [0, 0.1) is 0 Å². The van der Waals surface area contributed by atoms with Gasteiger partial charge in [0.05, 0.1) is 6.10 Å². The van der Waals surface area contributed by atoms with E-state index >= 15 is 0 Å². The van der Waals surface area contributed by atoms with Gasteiger partial charge in [-0.1, -0.05) is 37.8 Å². The Kier molecular flexibility index (Phi) is 8.59. The van der Waals surface area contributed by atoms with Crippen LogP contribution in [0.5, 0.6) is 0 Å². The van der Waals surface area contributed by atoms with E-state index in [0.717, 1.165) is 17.5 Å². The highest BCUT2D eigenvalue weighted by molar-refractivity contribution is 6.53. The molecule has 0 saturated carbocycles. The van der Waals surface area contributed by atoms with Crippen LogP contribution in [-0.2, 0) is 17.7 Å². The topological polar surface area (TPSA) is 36.9 Å². The smallest absolute Gasteiger partial charge is 0.351 e. The molecule has 0 amide bonds. The molecule has 0 aliphatic heterocycles. The van der Waals surface area contributed by atoms with Crippen molar-refractivity contribution < 1.29 is 17.7 Å². The van der Waals surface area contributed by atoms with E-state index in [2.05, 4.69) is 19.6 Å². The molecule has 0 spiro atoms. The summed E-state index contributed by atoms with van der Waals surface area (Å²) in [6.07, 6.45) is 2.51. The fourth-order valence-electron chi connectivity index (χ4n) is 2.20. The quantitative estimate of drug-likeness (QED) is 0.567. The van der Waals surface area contributed by atoms with Gasteiger partial charge in [-0.15, -0.1) is 0 Å². The Labute approximate surface area is 135 Å². The summed E-state index contributed by atoms with van der Waals surface area (Å²) in [5.74, 6) is 0. The number of benzene rings is 1. The van der Waals surface area contributed by atoms with Gasteiger partial charge < -0.3 is 17.7 Å². The average Bonchev–Trinajstić information content (AvgIpc) is 2.53. The Bertz CT molecular complexity index is 433. The van der Waals surface area contributed by atoms with Gasteiger partial charge in [0.15, 0.2) is 0 Å². The zero-order chi connectivity index (χ0) is 16.4. The van der Waals surface area contributed by atoms with Crippen molar-refractivity contribution in [2.24, 2.45) is 0 Å². The molecule has 0 aromatic heterocycles. The minimum absolute atomic E-state index is 0.129. The highest BCUT2D eigenvalue weighted by Crippen LogP contribution is 2.28. The maximum atomic E-state index is 6.23. The van der Waals surface area contributed by atoms with E-state index in [0.29, 0.717) is 19.8 Å². The average molecular weight is 324 g/mol. The van der Waals surface area contributed by atoms with E-state index in [1.54, 1.807) is 0 Å². The molecule has 1 rings (SSSR count). The van der Waals surface area contributed by atoms with Gasteiger partial charge in [0.25, 0.3) is 0 Å². The van der Waals surface area contributed by atoms with Crippen molar-refractivity contribution in [1.82, 2.24) is 0 Å². The molecular weight excluding hydrogens is 296 g/mol. The molecule has 1 atom stereocenters. The van der Waals surface area contributed by atoms with Gasteiger partial charge in [0.2, 0.25) is 0 Å². The van der Waals surface area contributed by atoms with Crippen molar-refractivity contribution in [2.45, 2.75) is 40.2 Å². The third-order valence-electron chi connectivity index (χ3n) is 3.14. The van der Waals surface area contributed by atoms with Crippen LogP contribution >= 0.6 is 0 Å². The highest BCUT2D eigenvalue weighted by Gasteiger charge is 2.47. The Morgan fingerprint density at radius 2 is 1.64 bits per heavy atom. The molecule has 0 aliphatic rings. The maximum Gasteiger partial charge on any atom is 0.680 e. The van der Waals surface area contributed by atoms with Crippen molar-refractivity contribution in [3.63, 3.8) is 0 Å². The molecule has 4 nitrogen and oxygen atoms in total. The van der Waals surface area contributed by atoms with E-state index in [1.807, 2.05) is 45.0 Å². The molecule has 22 heavy (non-hydrogen) atoms. The summed E-state index contributed by atoms with van der Waals surface area (Å²) in [5.41, 5.74) is 2.15. The van der Waals surface area contributed by atoms with Gasteiger partial charge in [-0.2, -0.15) is 0 Å². The van der Waals surface area contributed by atoms with Crippen LogP contribution in [0.2, 0.25) is 0 Å². The monoisotopic (exact) mass is 324 g/mol. The van der Waals surface area contributed by atoms with Crippen LogP contribution in [0.25, 0.3) is 6.08 Å². The molecule has 0 aliphatic carbocycles. The first-order chi connectivity index (χ1) is 10.6. The van der Waals surface area contributed by atoms with Crippen LogP contribution < -0.4 is 0 Å². The lowest BCUT2D eigenvalue weighted by atomic mass is 10.0. The molecule has 0 heterocycles. The van der Waals surface area contributed by atoms with Crippen LogP contribution in [-0.4, -0.2) is 28.9 Å². The first kappa shape index (κ1) is 19.1. The van der Waals surface area contributed by atoms with E-state index in [4.69, 9.17) is 17.7 Å². The van der Waals surface area contributed by atoms with E-state index in [9.17, 15) is 0 Å². The molecule has 0 saturated heterocycles. The van der Waals surface area contributed by atoms with Gasteiger partial charge in [-0.25, -0.2) is 0 Å². The van der Waals surface area contributed by atoms with Gasteiger partial charge in [-0.05, 0) is 44.4 Å². The lowest BCUT2D eigenvalue weighted by molar-refractivity contribution is -0.0518. The standard InChI is InChI=1S/C17H28O4Si/c1-6-15-12-11-13-16(14-15)17(7-2)21-22(18-8-3,19-9-4)20-10-5/h6,11-14,17H,1,7-10H2,2-5H3. The molecular formula is C17H28O4Si. The Morgan fingerprint density at radius 1 is 1.05 bits per heavy atom. The number of rotatable bonds is 11. The van der Waals surface area contributed by atoms with Crippen LogP contribution in [0.4, 0.5) is 0 Å². The Balaban J connectivity index is 3.01. The minimum Gasteiger partial charge on any atom is -0.351 e. The third kappa shape index (κ3) is 5.33. The van der Waals surface area contributed by atoms with Crippen molar-refractivity contribution in [2.75, 3.05) is 19.8 Å². The predicted molar refractivity (Wildman–Crippen MR) is 91.3 cm³/mol. The molecule has 0 radical (unpaired) electrons. The van der Waals surface area contributed by atoms with Crippen LogP contribution in [0.1, 0.15) is 51.3 Å². The maximum absolute atomic E-state index is 6.23. The first-order valence-electron chi connectivity index (χ1n) is 7.96. The fraction of sp³-hybridized carbons (Fsp3) is 0.529. The van der Waals surface area contributed by atoms with E-state index in [-0.39, 0.29) is 6.10 Å². The van der Waals surface area contributed by atoms with Gasteiger partial charge in [-0.3, -0.25) is 0 Å². The molecule has 0 N–H and O–H groups in total. The summed E-state index contributed by atoms with van der Waals surface area (Å²) in [6, 6.07) is 8.14. The highest BCUT2D eigenvalue weighted by atomic mass is 28.4. The van der Waals surface area contributed by atoms with Crippen molar-refractivity contribution in [3.05, 3.63) is 42.0 Å². The summed E-state index contributed by atoms with van der Waals surface area (Å²) in [6.45, 7) is 13.1. The van der Waals surface area contributed by atoms with Crippen molar-refractivity contribution in [3.8, 4) is 0 Å². The first-order valence-corrected chi connectivity index (χ1v) is 9.59. The molecule has 0 fully saturated rings. The second-order valence-electron chi connectivity index (χ2n) is 4.69. The Hall–Kier alpha value is -0.983. The molecule has 124 valence electrons. The molecule has 1 aromatic carbocycles. The van der Waals surface area contributed by atoms with Crippen LogP contribution in [0.15, 0.2) is 30.8 Å². The number of hydrogen-bond donors (Lipinski definition) is 0. The molecule has 1 aromatic rings. The second-order valence-corrected chi connectivity index (χ2v) is 6.79. The molecule has 1 unspecified atom stereocenters. The zero-order valence-electron chi connectivity index (χ0n) is 14.1. The van der Waals surface area contributed by atoms with Gasteiger partial charge >= 0.3 is 9.05 Å². The van der Waals surface area contributed by atoms with Gasteiger partial charge in [0.1, 0.15) is 0 Å². The Morgan fingerprint density at radius 3 is 2.09 bits per heavy atom. The predicted octanol–water partition coefficient (Wildman–Crippen LogP) is 4.34. The zero-order valence-corrected chi connectivity index (χ0v) is 15.1. The summed E-state index contributed by atoms with van der Waals surface area (Å²) < 4.78 is 23.6.